The number of amides is 2. The van der Waals surface area contributed by atoms with Gasteiger partial charge in [-0.25, -0.2) is 0 Å². The number of hydrogen-bond donors (Lipinski definition) is 1. The van der Waals surface area contributed by atoms with Gasteiger partial charge < -0.3 is 10.2 Å². The van der Waals surface area contributed by atoms with Crippen LogP contribution in [0.3, 0.4) is 0 Å². The molecule has 142 valence electrons. The Kier molecular flexibility index (Phi) is 6.45. The van der Waals surface area contributed by atoms with Gasteiger partial charge in [-0.05, 0) is 37.1 Å². The topological polar surface area (TPSA) is 49.4 Å². The van der Waals surface area contributed by atoms with Gasteiger partial charge in [0.1, 0.15) is 0 Å². The maximum absolute atomic E-state index is 13.0. The lowest BCUT2D eigenvalue weighted by Crippen LogP contribution is -2.41. The predicted octanol–water partition coefficient (Wildman–Crippen LogP) is 4.97. The van der Waals surface area contributed by atoms with Crippen LogP contribution in [0.1, 0.15) is 32.3 Å². The van der Waals surface area contributed by atoms with Gasteiger partial charge in [-0.1, -0.05) is 48.9 Å². The Balaban J connectivity index is 1.73. The summed E-state index contributed by atoms with van der Waals surface area (Å²) in [7, 11) is 0. The number of nitrogens with zero attached hydrogens (tertiary/aromatic N) is 1. The van der Waals surface area contributed by atoms with Gasteiger partial charge >= 0.3 is 0 Å². The molecule has 27 heavy (non-hydrogen) atoms. The fourth-order valence-corrected chi connectivity index (χ4v) is 4.28. The smallest absolute Gasteiger partial charge is 0.238 e. The molecule has 0 saturated carbocycles. The van der Waals surface area contributed by atoms with Crippen LogP contribution in [0.25, 0.3) is 0 Å². The van der Waals surface area contributed by atoms with Crippen molar-refractivity contribution in [3.05, 3.63) is 59.1 Å². The molecule has 6 heteroatoms. The lowest BCUT2D eigenvalue weighted by Gasteiger charge is -2.31. The highest BCUT2D eigenvalue weighted by Gasteiger charge is 2.31. The maximum atomic E-state index is 13.0. The van der Waals surface area contributed by atoms with E-state index in [1.165, 1.54) is 11.8 Å². The molecule has 1 N–H and O–H groups in total. The molecule has 4 nitrogen and oxygen atoms in total. The van der Waals surface area contributed by atoms with Crippen LogP contribution < -0.4 is 5.32 Å². The summed E-state index contributed by atoms with van der Waals surface area (Å²) in [6.45, 7) is 4.67. The molecule has 1 heterocycles. The van der Waals surface area contributed by atoms with Crippen molar-refractivity contribution in [2.45, 2.75) is 49.4 Å². The first-order valence-corrected chi connectivity index (χ1v) is 10.3. The van der Waals surface area contributed by atoms with E-state index >= 15 is 0 Å². The Morgan fingerprint density at radius 2 is 2.00 bits per heavy atom. The number of hydrogen-bond acceptors (Lipinski definition) is 3. The van der Waals surface area contributed by atoms with Crippen molar-refractivity contribution >= 4 is 40.9 Å². The lowest BCUT2D eigenvalue weighted by atomic mass is 10.1. The van der Waals surface area contributed by atoms with E-state index in [4.69, 9.17) is 11.6 Å². The van der Waals surface area contributed by atoms with Gasteiger partial charge in [0.05, 0.1) is 10.9 Å². The van der Waals surface area contributed by atoms with Gasteiger partial charge in [-0.2, -0.15) is 0 Å². The number of nitrogens with one attached hydrogen (secondary N) is 1. The van der Waals surface area contributed by atoms with Crippen molar-refractivity contribution in [1.29, 1.82) is 0 Å². The van der Waals surface area contributed by atoms with Gasteiger partial charge in [0.15, 0.2) is 0 Å². The maximum Gasteiger partial charge on any atom is 0.238 e. The van der Waals surface area contributed by atoms with E-state index in [9.17, 15) is 9.59 Å². The Hall–Kier alpha value is -1.98. The van der Waals surface area contributed by atoms with E-state index in [-0.39, 0.29) is 24.3 Å². The molecule has 1 aliphatic heterocycles. The van der Waals surface area contributed by atoms with Crippen LogP contribution in [0.15, 0.2) is 53.4 Å². The van der Waals surface area contributed by atoms with Crippen molar-refractivity contribution in [3.63, 3.8) is 0 Å². The van der Waals surface area contributed by atoms with Gasteiger partial charge in [0, 0.05) is 28.9 Å². The van der Waals surface area contributed by atoms with Crippen molar-refractivity contribution < 1.29 is 9.59 Å². The second-order valence-electron chi connectivity index (χ2n) is 6.70. The second kappa shape index (κ2) is 8.81. The number of carbonyl (C=O) groups excluding carboxylic acids is 2. The zero-order valence-corrected chi connectivity index (χ0v) is 17.0. The van der Waals surface area contributed by atoms with Crippen LogP contribution in [0.2, 0.25) is 5.02 Å². The second-order valence-corrected chi connectivity index (χ2v) is 8.39. The van der Waals surface area contributed by atoms with E-state index in [1.807, 2.05) is 48.2 Å². The summed E-state index contributed by atoms with van der Waals surface area (Å²) in [6, 6.07) is 15.5. The van der Waals surface area contributed by atoms with Crippen LogP contribution in [0.5, 0.6) is 0 Å². The molecule has 0 aliphatic carbocycles. The van der Waals surface area contributed by atoms with Crippen LogP contribution in [0.4, 0.5) is 5.69 Å². The molecule has 0 bridgehead atoms. The molecule has 1 aliphatic rings. The summed E-state index contributed by atoms with van der Waals surface area (Å²) in [5.41, 5.74) is 1.80. The Labute approximate surface area is 169 Å². The molecule has 2 amide bonds. The molecule has 0 fully saturated rings. The number of fused-ring (bicyclic) bond motifs is 1. The highest BCUT2D eigenvalue weighted by Crippen LogP contribution is 2.38. The Bertz CT molecular complexity index is 828. The number of benzene rings is 2. The summed E-state index contributed by atoms with van der Waals surface area (Å²) in [4.78, 5) is 28.3. The SMILES string of the molecule is CCC(C)N(Cc1ccccc1)C(=O)CC1Sc2ccc(Cl)cc2NC1=O. The standard InChI is InChI=1S/C21H23ClN2O2S/c1-3-14(2)24(13-15-7-5-4-6-8-15)20(25)12-19-21(26)23-17-11-16(22)9-10-18(17)27-19/h4-11,14,19H,3,12-13H2,1-2H3,(H,23,26). The quantitative estimate of drug-likeness (QED) is 0.742. The highest BCUT2D eigenvalue weighted by molar-refractivity contribution is 8.01. The van der Waals surface area contributed by atoms with Crippen molar-refractivity contribution in [2.24, 2.45) is 0 Å². The molecule has 0 radical (unpaired) electrons. The van der Waals surface area contributed by atoms with Crippen molar-refractivity contribution in [3.8, 4) is 0 Å². The first-order chi connectivity index (χ1) is 13.0. The number of thioether (sulfide) groups is 1. The number of carbonyl (C=O) groups is 2. The van der Waals surface area contributed by atoms with Gasteiger partial charge in [-0.15, -0.1) is 11.8 Å². The van der Waals surface area contributed by atoms with Crippen LogP contribution >= 0.6 is 23.4 Å². The third-order valence-corrected chi connectivity index (χ3v) is 6.27. The molecule has 2 aromatic rings. The summed E-state index contributed by atoms with van der Waals surface area (Å²) in [5.74, 6) is -0.148. The van der Waals surface area contributed by atoms with Crippen molar-refractivity contribution in [1.82, 2.24) is 4.90 Å². The number of anilines is 1. The minimum atomic E-state index is -0.437. The fourth-order valence-electron chi connectivity index (χ4n) is 3.02. The number of halogens is 1. The van der Waals surface area contributed by atoms with Crippen LogP contribution in [-0.2, 0) is 16.1 Å². The highest BCUT2D eigenvalue weighted by atomic mass is 35.5. The third kappa shape index (κ3) is 4.85. The molecule has 0 saturated heterocycles. The predicted molar refractivity (Wildman–Crippen MR) is 111 cm³/mol. The van der Waals surface area contributed by atoms with E-state index in [2.05, 4.69) is 12.2 Å². The molecular weight excluding hydrogens is 380 g/mol. The zero-order chi connectivity index (χ0) is 19.4. The van der Waals surface area contributed by atoms with E-state index in [0.29, 0.717) is 17.3 Å². The molecule has 2 unspecified atom stereocenters. The molecule has 0 spiro atoms. The molecule has 0 aromatic heterocycles. The summed E-state index contributed by atoms with van der Waals surface area (Å²) < 4.78 is 0. The largest absolute Gasteiger partial charge is 0.336 e. The van der Waals surface area contributed by atoms with Crippen molar-refractivity contribution in [2.75, 3.05) is 5.32 Å². The minimum absolute atomic E-state index is 0.00161. The normalized spacial score (nSPS) is 17.0. The monoisotopic (exact) mass is 402 g/mol. The zero-order valence-electron chi connectivity index (χ0n) is 15.4. The van der Waals surface area contributed by atoms with E-state index in [0.717, 1.165) is 16.9 Å². The molecular formula is C21H23ClN2O2S. The van der Waals surface area contributed by atoms with E-state index in [1.54, 1.807) is 12.1 Å². The average molecular weight is 403 g/mol. The average Bonchev–Trinajstić information content (AvgIpc) is 2.67. The molecule has 3 rings (SSSR count). The first kappa shape index (κ1) is 19.8. The molecule has 2 atom stereocenters. The van der Waals surface area contributed by atoms with Crippen LogP contribution in [0, 0.1) is 0 Å². The summed E-state index contributed by atoms with van der Waals surface area (Å²) in [6.07, 6.45) is 1.04. The van der Waals surface area contributed by atoms with Gasteiger partial charge in [-0.3, -0.25) is 9.59 Å². The third-order valence-electron chi connectivity index (χ3n) is 4.76. The summed E-state index contributed by atoms with van der Waals surface area (Å²) in [5, 5.41) is 3.02. The lowest BCUT2D eigenvalue weighted by molar-refractivity contribution is -0.135. The molecule has 2 aromatic carbocycles. The Morgan fingerprint density at radius 1 is 1.26 bits per heavy atom. The van der Waals surface area contributed by atoms with Crippen LogP contribution in [-0.4, -0.2) is 28.0 Å². The minimum Gasteiger partial charge on any atom is -0.336 e. The summed E-state index contributed by atoms with van der Waals surface area (Å²) >= 11 is 7.42. The Morgan fingerprint density at radius 3 is 2.70 bits per heavy atom. The van der Waals surface area contributed by atoms with Gasteiger partial charge in [0.2, 0.25) is 11.8 Å². The fraction of sp³-hybridized carbons (Fsp3) is 0.333. The van der Waals surface area contributed by atoms with E-state index < -0.39 is 5.25 Å². The number of rotatable bonds is 6. The first-order valence-electron chi connectivity index (χ1n) is 9.08. The van der Waals surface area contributed by atoms with Gasteiger partial charge in [0.25, 0.3) is 0 Å².